The van der Waals surface area contributed by atoms with Gasteiger partial charge in [0.25, 0.3) is 0 Å². The number of fused-ring (bicyclic) bond motifs is 4. The van der Waals surface area contributed by atoms with Gasteiger partial charge in [0.1, 0.15) is 11.3 Å². The predicted molar refractivity (Wildman–Crippen MR) is 131 cm³/mol. The highest BCUT2D eigenvalue weighted by molar-refractivity contribution is 6.08. The number of aliphatic carboxylic acids is 1. The zero-order chi connectivity index (χ0) is 24.2. The fourth-order valence-electron chi connectivity index (χ4n) is 5.01. The first-order valence-corrected chi connectivity index (χ1v) is 11.6. The lowest BCUT2D eigenvalue weighted by atomic mass is 9.84. The molecule has 5 rings (SSSR count). The molecule has 176 valence electrons. The highest BCUT2D eigenvalue weighted by atomic mass is 16.5. The lowest BCUT2D eigenvalue weighted by molar-refractivity contribution is -0.160. The van der Waals surface area contributed by atoms with Crippen LogP contribution in [-0.4, -0.2) is 28.3 Å². The Morgan fingerprint density at radius 3 is 2.71 bits per heavy atom. The molecule has 6 heteroatoms. The molecule has 2 aromatic heterocycles. The Morgan fingerprint density at radius 1 is 1.18 bits per heavy atom. The van der Waals surface area contributed by atoms with Crippen molar-refractivity contribution in [3.8, 4) is 16.9 Å². The van der Waals surface area contributed by atoms with Crippen LogP contribution in [0.15, 0.2) is 41.1 Å². The Labute approximate surface area is 198 Å². The van der Waals surface area contributed by atoms with E-state index in [0.717, 1.165) is 68.3 Å². The molecule has 0 aliphatic carbocycles. The molecule has 0 spiro atoms. The molecule has 0 radical (unpaired) electrons. The predicted octanol–water partition coefficient (Wildman–Crippen LogP) is 6.53. The summed E-state index contributed by atoms with van der Waals surface area (Å²) >= 11 is 0. The summed E-state index contributed by atoms with van der Waals surface area (Å²) in [6, 6.07) is 8.01. The first kappa shape index (κ1) is 22.4. The van der Waals surface area contributed by atoms with E-state index in [4.69, 9.17) is 18.9 Å². The van der Waals surface area contributed by atoms with Gasteiger partial charge in [-0.2, -0.15) is 0 Å². The zero-order valence-corrected chi connectivity index (χ0v) is 20.2. The monoisotopic (exact) mass is 459 g/mol. The van der Waals surface area contributed by atoms with Gasteiger partial charge in [-0.25, -0.2) is 4.79 Å². The van der Waals surface area contributed by atoms with Crippen molar-refractivity contribution in [2.45, 2.75) is 59.2 Å². The molecule has 0 saturated carbocycles. The van der Waals surface area contributed by atoms with Crippen LogP contribution in [0, 0.1) is 13.8 Å². The Hall–Kier alpha value is -3.38. The first-order valence-electron chi connectivity index (χ1n) is 11.6. The van der Waals surface area contributed by atoms with Gasteiger partial charge < -0.3 is 19.0 Å². The molecule has 0 unspecified atom stereocenters. The van der Waals surface area contributed by atoms with Crippen LogP contribution in [0.1, 0.15) is 55.5 Å². The number of carboxylic acids is 1. The van der Waals surface area contributed by atoms with E-state index in [2.05, 4.69) is 6.07 Å². The maximum atomic E-state index is 12.6. The number of furan rings is 1. The fraction of sp³-hybridized carbons (Fsp3) is 0.357. The molecule has 2 aromatic carbocycles. The Bertz CT molecular complexity index is 1430. The molecular weight excluding hydrogens is 430 g/mol. The third-order valence-corrected chi connectivity index (χ3v) is 6.43. The molecule has 1 atom stereocenters. The average Bonchev–Trinajstić information content (AvgIpc) is 3.27. The summed E-state index contributed by atoms with van der Waals surface area (Å²) in [6.45, 7) is 10.3. The molecule has 1 aliphatic heterocycles. The van der Waals surface area contributed by atoms with Crippen molar-refractivity contribution in [3.05, 3.63) is 59.0 Å². The van der Waals surface area contributed by atoms with E-state index in [1.54, 1.807) is 12.5 Å². The van der Waals surface area contributed by atoms with Crippen LogP contribution < -0.4 is 4.74 Å². The lowest BCUT2D eigenvalue weighted by Gasteiger charge is -2.29. The third kappa shape index (κ3) is 3.72. The average molecular weight is 460 g/mol. The quantitative estimate of drug-likeness (QED) is 0.374. The third-order valence-electron chi connectivity index (χ3n) is 6.43. The summed E-state index contributed by atoms with van der Waals surface area (Å²) in [5.74, 6) is -0.138. The van der Waals surface area contributed by atoms with Crippen LogP contribution in [0.2, 0.25) is 0 Å². The van der Waals surface area contributed by atoms with Crippen molar-refractivity contribution in [2.24, 2.45) is 0 Å². The Kier molecular flexibility index (Phi) is 5.36. The van der Waals surface area contributed by atoms with Gasteiger partial charge in [0.2, 0.25) is 0 Å². The molecule has 0 amide bonds. The number of pyridine rings is 1. The largest absolute Gasteiger partial charge is 0.493 e. The topological polar surface area (TPSA) is 81.8 Å². The fourth-order valence-corrected chi connectivity index (χ4v) is 5.01. The Morgan fingerprint density at radius 2 is 1.97 bits per heavy atom. The summed E-state index contributed by atoms with van der Waals surface area (Å²) in [5.41, 5.74) is 6.07. The maximum Gasteiger partial charge on any atom is 0.337 e. The second-order valence-electron chi connectivity index (χ2n) is 9.95. The van der Waals surface area contributed by atoms with Gasteiger partial charge in [0, 0.05) is 22.5 Å². The minimum atomic E-state index is -1.15. The van der Waals surface area contributed by atoms with Crippen molar-refractivity contribution in [2.75, 3.05) is 6.61 Å². The minimum absolute atomic E-state index is 0.627. The van der Waals surface area contributed by atoms with Gasteiger partial charge in [-0.05, 0) is 93.5 Å². The molecule has 3 heterocycles. The van der Waals surface area contributed by atoms with Crippen molar-refractivity contribution < 1.29 is 23.8 Å². The van der Waals surface area contributed by atoms with E-state index in [9.17, 15) is 9.90 Å². The molecule has 0 fully saturated rings. The molecule has 6 nitrogen and oxygen atoms in total. The summed E-state index contributed by atoms with van der Waals surface area (Å²) in [7, 11) is 0. The van der Waals surface area contributed by atoms with Crippen LogP contribution in [-0.2, 0) is 16.0 Å². The number of carboxylic acid groups (broad SMARTS) is 1. The summed E-state index contributed by atoms with van der Waals surface area (Å²) in [5, 5.41) is 12.1. The molecule has 4 aromatic rings. The molecular formula is C28H29NO5. The van der Waals surface area contributed by atoms with Crippen LogP contribution >= 0.6 is 0 Å². The second-order valence-corrected chi connectivity index (χ2v) is 9.95. The number of nitrogens with zero attached hydrogens (tertiary/aromatic N) is 1. The number of hydrogen-bond acceptors (Lipinski definition) is 5. The molecule has 0 saturated heterocycles. The van der Waals surface area contributed by atoms with E-state index < -0.39 is 17.7 Å². The maximum absolute atomic E-state index is 12.6. The standard InChI is InChI=1S/C28H29NO5/c1-15-21(18-8-9-20-17(13-18)7-6-11-32-20)22(26(27(30)31)34-28(3,4)5)16(2)24-23(15)25-19(14-29-24)10-12-33-25/h8-10,12-14,26H,6-7,11H2,1-5H3,(H,30,31)/t26-/m0/s1. The van der Waals surface area contributed by atoms with Gasteiger partial charge in [0.05, 0.1) is 24.0 Å². The van der Waals surface area contributed by atoms with Crippen LogP contribution in [0.25, 0.3) is 33.0 Å². The number of aryl methyl sites for hydroxylation is 3. The van der Waals surface area contributed by atoms with E-state index in [1.165, 1.54) is 0 Å². The highest BCUT2D eigenvalue weighted by Gasteiger charge is 2.33. The molecule has 0 bridgehead atoms. The molecule has 34 heavy (non-hydrogen) atoms. The zero-order valence-electron chi connectivity index (χ0n) is 20.2. The number of hydrogen-bond donors (Lipinski definition) is 1. The van der Waals surface area contributed by atoms with Gasteiger partial charge >= 0.3 is 5.97 Å². The number of ether oxygens (including phenoxy) is 2. The second kappa shape index (κ2) is 8.13. The van der Waals surface area contributed by atoms with Gasteiger partial charge in [-0.15, -0.1) is 0 Å². The molecule has 1 aliphatic rings. The van der Waals surface area contributed by atoms with E-state index >= 15 is 0 Å². The van der Waals surface area contributed by atoms with Crippen LogP contribution in [0.4, 0.5) is 0 Å². The number of benzene rings is 2. The smallest absolute Gasteiger partial charge is 0.337 e. The van der Waals surface area contributed by atoms with Crippen molar-refractivity contribution in [1.82, 2.24) is 4.98 Å². The van der Waals surface area contributed by atoms with E-state index in [-0.39, 0.29) is 0 Å². The van der Waals surface area contributed by atoms with E-state index in [1.807, 2.05) is 52.8 Å². The van der Waals surface area contributed by atoms with Gasteiger partial charge in [0.15, 0.2) is 6.10 Å². The summed E-state index contributed by atoms with van der Waals surface area (Å²) in [4.78, 5) is 17.3. The highest BCUT2D eigenvalue weighted by Crippen LogP contribution is 2.44. The van der Waals surface area contributed by atoms with Crippen LogP contribution in [0.5, 0.6) is 5.75 Å². The number of rotatable bonds is 4. The van der Waals surface area contributed by atoms with E-state index in [0.29, 0.717) is 12.2 Å². The van der Waals surface area contributed by atoms with Crippen molar-refractivity contribution in [1.29, 1.82) is 0 Å². The van der Waals surface area contributed by atoms with Crippen LogP contribution in [0.3, 0.4) is 0 Å². The SMILES string of the molecule is Cc1c([C@H](OC(C)(C)C)C(=O)O)c(-c2ccc3c(c2)CCCO3)c(C)c2c1ncc1ccoc12. The number of aromatic nitrogens is 1. The Balaban J connectivity index is 1.88. The summed E-state index contributed by atoms with van der Waals surface area (Å²) in [6.07, 6.45) is 4.16. The van der Waals surface area contributed by atoms with Crippen molar-refractivity contribution >= 4 is 27.8 Å². The number of carbonyl (C=O) groups is 1. The molecule has 1 N–H and O–H groups in total. The minimum Gasteiger partial charge on any atom is -0.493 e. The first-order chi connectivity index (χ1) is 16.2. The lowest BCUT2D eigenvalue weighted by Crippen LogP contribution is -2.28. The normalized spacial score (nSPS) is 14.7. The van der Waals surface area contributed by atoms with Gasteiger partial charge in [-0.1, -0.05) is 6.07 Å². The van der Waals surface area contributed by atoms with Crippen molar-refractivity contribution in [3.63, 3.8) is 0 Å². The van der Waals surface area contributed by atoms with Gasteiger partial charge in [-0.3, -0.25) is 4.98 Å². The summed E-state index contributed by atoms with van der Waals surface area (Å²) < 4.78 is 17.8.